The molecule has 1 aliphatic rings. The van der Waals surface area contributed by atoms with Gasteiger partial charge in [-0.2, -0.15) is 0 Å². The first kappa shape index (κ1) is 28.4. The van der Waals surface area contributed by atoms with Crippen molar-refractivity contribution >= 4 is 32.8 Å². The molecule has 4 N–H and O–H groups in total. The van der Waals surface area contributed by atoms with Gasteiger partial charge in [-0.15, -0.1) is 0 Å². The molecule has 1 heterocycles. The van der Waals surface area contributed by atoms with Gasteiger partial charge in [0.1, 0.15) is 11.9 Å². The molecule has 1 fully saturated rings. The van der Waals surface area contributed by atoms with Crippen molar-refractivity contribution in [3.05, 3.63) is 94.7 Å². The quantitative estimate of drug-likeness (QED) is 0.253. The predicted molar refractivity (Wildman–Crippen MR) is 155 cm³/mol. The number of sulfonamides is 1. The van der Waals surface area contributed by atoms with Gasteiger partial charge in [0, 0.05) is 33.8 Å². The van der Waals surface area contributed by atoms with E-state index in [9.17, 15) is 18.0 Å². The molecule has 5 rings (SSSR count). The topological polar surface area (TPSA) is 141 Å². The third kappa shape index (κ3) is 5.57. The molecule has 1 atom stereocenters. The lowest BCUT2D eigenvalue weighted by molar-refractivity contribution is 0.0318. The monoisotopic (exact) mass is 575 g/mol. The minimum absolute atomic E-state index is 0.0253. The molecule has 10 heteroatoms. The lowest BCUT2D eigenvalue weighted by Crippen LogP contribution is -2.35. The number of carbonyl (C=O) groups excluding carboxylic acids is 2. The number of fused-ring (bicyclic) bond motifs is 1. The Balaban J connectivity index is 1.44. The number of H-pyrrole nitrogens is 1. The molecular weight excluding hydrogens is 542 g/mol. The predicted octanol–water partition coefficient (Wildman–Crippen LogP) is 4.93. The van der Waals surface area contributed by atoms with E-state index in [1.54, 1.807) is 56.4 Å². The van der Waals surface area contributed by atoms with Crippen molar-refractivity contribution in [2.45, 2.75) is 56.1 Å². The smallest absolute Gasteiger partial charge is 0.338 e. The standard InChI is InChI=1S/C31H33N3O6S/c1-19-8-4-7-11-28(19)41(37,38)34-29(35)20-12-14-24(27(17-20)39-3)31(2,32)25-18-33-26-15-13-21(16-23(25)26)30(36)40-22-9-5-6-10-22/h4,7-8,11-18,22,33H,5-6,9-10,32H2,1-3H3,(H,34,35). The fraction of sp³-hybridized carbons (Fsp3) is 0.290. The highest BCUT2D eigenvalue weighted by atomic mass is 32.2. The third-order valence-corrected chi connectivity index (χ3v) is 9.18. The Morgan fingerprint density at radius 2 is 1.71 bits per heavy atom. The molecule has 0 radical (unpaired) electrons. The molecule has 1 amide bonds. The number of methoxy groups -OCH3 is 1. The maximum atomic E-state index is 13.0. The number of nitrogens with one attached hydrogen (secondary N) is 2. The van der Waals surface area contributed by atoms with Crippen LogP contribution >= 0.6 is 0 Å². The van der Waals surface area contributed by atoms with E-state index in [4.69, 9.17) is 15.2 Å². The molecule has 0 bridgehead atoms. The van der Waals surface area contributed by atoms with Crippen LogP contribution in [0.1, 0.15) is 70.0 Å². The second kappa shape index (κ2) is 11.0. The van der Waals surface area contributed by atoms with E-state index in [0.717, 1.165) is 36.6 Å². The minimum Gasteiger partial charge on any atom is -0.496 e. The van der Waals surface area contributed by atoms with Gasteiger partial charge < -0.3 is 20.2 Å². The van der Waals surface area contributed by atoms with Crippen molar-refractivity contribution < 1.29 is 27.5 Å². The van der Waals surface area contributed by atoms with Crippen LogP contribution < -0.4 is 15.2 Å². The van der Waals surface area contributed by atoms with Crippen LogP contribution in [0, 0.1) is 6.92 Å². The first-order valence-corrected chi connectivity index (χ1v) is 14.9. The summed E-state index contributed by atoms with van der Waals surface area (Å²) >= 11 is 0. The van der Waals surface area contributed by atoms with Gasteiger partial charge in [-0.25, -0.2) is 17.9 Å². The Labute approximate surface area is 239 Å². The van der Waals surface area contributed by atoms with E-state index in [1.807, 2.05) is 6.07 Å². The number of carbonyl (C=O) groups is 2. The number of rotatable bonds is 8. The summed E-state index contributed by atoms with van der Waals surface area (Å²) in [5, 5.41) is 0.754. The molecule has 3 aromatic carbocycles. The Hall–Kier alpha value is -4.15. The Kier molecular flexibility index (Phi) is 7.63. The number of aromatic amines is 1. The number of hydrogen-bond acceptors (Lipinski definition) is 7. The molecule has 4 aromatic rings. The number of aryl methyl sites for hydroxylation is 1. The highest BCUT2D eigenvalue weighted by Gasteiger charge is 2.31. The summed E-state index contributed by atoms with van der Waals surface area (Å²) in [5.41, 5.74) is 8.93. The number of benzene rings is 3. The van der Waals surface area contributed by atoms with Crippen molar-refractivity contribution in [1.29, 1.82) is 0 Å². The molecule has 9 nitrogen and oxygen atoms in total. The van der Waals surface area contributed by atoms with Crippen LogP contribution in [-0.2, 0) is 20.3 Å². The normalized spacial score (nSPS) is 15.4. The molecule has 1 aromatic heterocycles. The van der Waals surface area contributed by atoms with Crippen molar-refractivity contribution in [3.8, 4) is 5.75 Å². The second-order valence-corrected chi connectivity index (χ2v) is 12.2. The van der Waals surface area contributed by atoms with Crippen molar-refractivity contribution in [1.82, 2.24) is 9.71 Å². The lowest BCUT2D eigenvalue weighted by Gasteiger charge is -2.27. The van der Waals surface area contributed by atoms with E-state index in [0.29, 0.717) is 28.0 Å². The number of amides is 1. The Morgan fingerprint density at radius 1 is 1.00 bits per heavy atom. The number of nitrogens with two attached hydrogens (primary N) is 1. The maximum Gasteiger partial charge on any atom is 0.338 e. The summed E-state index contributed by atoms with van der Waals surface area (Å²) in [4.78, 5) is 29.1. The van der Waals surface area contributed by atoms with Gasteiger partial charge in [-0.3, -0.25) is 4.79 Å². The van der Waals surface area contributed by atoms with Crippen LogP contribution in [0.2, 0.25) is 0 Å². The summed E-state index contributed by atoms with van der Waals surface area (Å²) in [6.07, 6.45) is 5.64. The number of hydrogen-bond donors (Lipinski definition) is 3. The van der Waals surface area contributed by atoms with E-state index in [-0.39, 0.29) is 22.5 Å². The van der Waals surface area contributed by atoms with Crippen molar-refractivity contribution in [2.75, 3.05) is 7.11 Å². The van der Waals surface area contributed by atoms with Gasteiger partial charge >= 0.3 is 5.97 Å². The molecule has 1 aliphatic carbocycles. The van der Waals surface area contributed by atoms with Gasteiger partial charge in [0.2, 0.25) is 0 Å². The first-order valence-electron chi connectivity index (χ1n) is 13.4. The molecule has 41 heavy (non-hydrogen) atoms. The zero-order valence-electron chi connectivity index (χ0n) is 23.2. The van der Waals surface area contributed by atoms with E-state index < -0.39 is 21.5 Å². The van der Waals surface area contributed by atoms with Crippen LogP contribution in [0.5, 0.6) is 5.75 Å². The Bertz CT molecular complexity index is 1740. The summed E-state index contributed by atoms with van der Waals surface area (Å²) in [7, 11) is -2.63. The molecular formula is C31H33N3O6S. The van der Waals surface area contributed by atoms with Crippen LogP contribution in [0.3, 0.4) is 0 Å². The van der Waals surface area contributed by atoms with E-state index in [1.165, 1.54) is 25.3 Å². The van der Waals surface area contributed by atoms with Gasteiger partial charge in [0.05, 0.1) is 23.1 Å². The zero-order valence-corrected chi connectivity index (χ0v) is 24.0. The Morgan fingerprint density at radius 3 is 2.41 bits per heavy atom. The van der Waals surface area contributed by atoms with E-state index >= 15 is 0 Å². The summed E-state index contributed by atoms with van der Waals surface area (Å²) in [6, 6.07) is 16.3. The average molecular weight is 576 g/mol. The molecule has 1 unspecified atom stereocenters. The van der Waals surface area contributed by atoms with Gasteiger partial charge in [-0.1, -0.05) is 24.3 Å². The molecule has 0 aliphatic heterocycles. The SMILES string of the molecule is COc1cc(C(=O)NS(=O)(=O)c2ccccc2C)ccc1C(C)(N)c1c[nH]c2ccc(C(=O)OC3CCCC3)cc12. The van der Waals surface area contributed by atoms with Crippen LogP contribution in [0.4, 0.5) is 0 Å². The first-order chi connectivity index (χ1) is 19.5. The van der Waals surface area contributed by atoms with Crippen molar-refractivity contribution in [2.24, 2.45) is 5.73 Å². The number of ether oxygens (including phenoxy) is 2. The van der Waals surface area contributed by atoms with Crippen molar-refractivity contribution in [3.63, 3.8) is 0 Å². The number of esters is 1. The average Bonchev–Trinajstić information content (AvgIpc) is 3.62. The maximum absolute atomic E-state index is 13.0. The zero-order chi connectivity index (χ0) is 29.4. The minimum atomic E-state index is -4.08. The van der Waals surface area contributed by atoms with Crippen LogP contribution in [0.25, 0.3) is 10.9 Å². The molecule has 0 spiro atoms. The largest absolute Gasteiger partial charge is 0.496 e. The summed E-state index contributed by atoms with van der Waals surface area (Å²) in [6.45, 7) is 3.46. The van der Waals surface area contributed by atoms with Crippen LogP contribution in [-0.4, -0.2) is 38.5 Å². The van der Waals surface area contributed by atoms with Crippen LogP contribution in [0.15, 0.2) is 71.8 Å². The van der Waals surface area contributed by atoms with Gasteiger partial charge in [-0.05, 0) is 81.5 Å². The van der Waals surface area contributed by atoms with Gasteiger partial charge in [0.25, 0.3) is 15.9 Å². The fourth-order valence-corrected chi connectivity index (χ4v) is 6.62. The fourth-order valence-electron chi connectivity index (χ4n) is 5.40. The summed E-state index contributed by atoms with van der Waals surface area (Å²) < 4.78 is 39.1. The second-order valence-electron chi connectivity index (χ2n) is 10.6. The third-order valence-electron chi connectivity index (χ3n) is 7.69. The lowest BCUT2D eigenvalue weighted by atomic mass is 9.84. The molecule has 1 saturated carbocycles. The van der Waals surface area contributed by atoms with Gasteiger partial charge in [0.15, 0.2) is 0 Å². The summed E-state index contributed by atoms with van der Waals surface area (Å²) in [5.74, 6) is -0.852. The molecule has 214 valence electrons. The highest BCUT2D eigenvalue weighted by molar-refractivity contribution is 7.90. The number of aromatic nitrogens is 1. The highest BCUT2D eigenvalue weighted by Crippen LogP contribution is 2.38. The molecule has 0 saturated heterocycles. The van der Waals surface area contributed by atoms with E-state index in [2.05, 4.69) is 9.71 Å².